The van der Waals surface area contributed by atoms with Crippen LogP contribution in [0.3, 0.4) is 0 Å². The molecule has 1 aliphatic heterocycles. The van der Waals surface area contributed by atoms with Gasteiger partial charge in [-0.3, -0.25) is 9.79 Å². The van der Waals surface area contributed by atoms with E-state index in [1.165, 1.54) is 0 Å². The third-order valence-electron chi connectivity index (χ3n) is 4.96. The van der Waals surface area contributed by atoms with Crippen molar-refractivity contribution in [1.29, 1.82) is 0 Å². The lowest BCUT2D eigenvalue weighted by Crippen LogP contribution is -2.52. The van der Waals surface area contributed by atoms with E-state index < -0.39 is 0 Å². The molecule has 1 amide bonds. The molecular weight excluding hydrogens is 513 g/mol. The highest BCUT2D eigenvalue weighted by Gasteiger charge is 2.21. The fraction of sp³-hybridized carbons (Fsp3) is 0.364. The Labute approximate surface area is 200 Å². The highest BCUT2D eigenvalue weighted by atomic mass is 127. The Bertz CT molecular complexity index is 868. The molecule has 1 saturated heterocycles. The first-order valence-corrected chi connectivity index (χ1v) is 10.3. The molecule has 2 aromatic carbocycles. The zero-order valence-electron chi connectivity index (χ0n) is 17.4. The maximum atomic E-state index is 12.0. The van der Waals surface area contributed by atoms with E-state index >= 15 is 0 Å². The van der Waals surface area contributed by atoms with Gasteiger partial charge < -0.3 is 20.4 Å². The summed E-state index contributed by atoms with van der Waals surface area (Å²) in [5.41, 5.74) is 2.80. The standard InChI is InChI=1S/C22H28ClN5O.HI/c1-3-25-21(29)18-8-6-7-17(15-18)16-26-22(24-2)28-13-11-27(12-14-28)20-10-5-4-9-19(20)23;/h4-10,15H,3,11-14,16H2,1-2H3,(H,24,26)(H,25,29);1H. The van der Waals surface area contributed by atoms with Crippen LogP contribution in [0.25, 0.3) is 0 Å². The second-order valence-corrected chi connectivity index (χ2v) is 7.29. The van der Waals surface area contributed by atoms with Crippen LogP contribution in [0.4, 0.5) is 5.69 Å². The molecule has 0 aromatic heterocycles. The fourth-order valence-corrected chi connectivity index (χ4v) is 3.72. The van der Waals surface area contributed by atoms with Gasteiger partial charge in [0.05, 0.1) is 10.7 Å². The Hall–Kier alpha value is -2.00. The van der Waals surface area contributed by atoms with Crippen LogP contribution in [0.2, 0.25) is 5.02 Å². The molecule has 8 heteroatoms. The predicted molar refractivity (Wildman–Crippen MR) is 135 cm³/mol. The molecule has 162 valence electrons. The van der Waals surface area contributed by atoms with Crippen LogP contribution in [0, 0.1) is 0 Å². The number of benzene rings is 2. The van der Waals surface area contributed by atoms with Gasteiger partial charge in [-0.05, 0) is 36.8 Å². The topological polar surface area (TPSA) is 60.0 Å². The van der Waals surface area contributed by atoms with Crippen LogP contribution < -0.4 is 15.5 Å². The van der Waals surface area contributed by atoms with Gasteiger partial charge in [-0.2, -0.15) is 0 Å². The minimum Gasteiger partial charge on any atom is -0.367 e. The number of anilines is 1. The molecule has 3 rings (SSSR count). The van der Waals surface area contributed by atoms with E-state index in [1.54, 1.807) is 7.05 Å². The number of hydrogen-bond acceptors (Lipinski definition) is 3. The van der Waals surface area contributed by atoms with E-state index in [9.17, 15) is 4.79 Å². The summed E-state index contributed by atoms with van der Waals surface area (Å²) in [7, 11) is 1.80. The molecule has 0 radical (unpaired) electrons. The average molecular weight is 542 g/mol. The number of aliphatic imine (C=N–C) groups is 1. The summed E-state index contributed by atoms with van der Waals surface area (Å²) >= 11 is 6.34. The number of guanidine groups is 1. The Morgan fingerprint density at radius 2 is 1.80 bits per heavy atom. The van der Waals surface area contributed by atoms with Gasteiger partial charge in [0.25, 0.3) is 5.91 Å². The summed E-state index contributed by atoms with van der Waals surface area (Å²) in [6, 6.07) is 15.6. The Morgan fingerprint density at radius 3 is 2.47 bits per heavy atom. The SMILES string of the molecule is CCNC(=O)c1cccc(CNC(=NC)N2CCN(c3ccccc3Cl)CC2)c1.I. The second-order valence-electron chi connectivity index (χ2n) is 6.89. The molecule has 0 bridgehead atoms. The van der Waals surface area contributed by atoms with Gasteiger partial charge >= 0.3 is 0 Å². The number of halogens is 2. The van der Waals surface area contributed by atoms with Gasteiger partial charge in [-0.25, -0.2) is 0 Å². The van der Waals surface area contributed by atoms with Crippen LogP contribution in [-0.2, 0) is 6.54 Å². The molecule has 1 aliphatic rings. The van der Waals surface area contributed by atoms with Gasteiger partial charge in [-0.15, -0.1) is 24.0 Å². The van der Waals surface area contributed by atoms with Gasteiger partial charge in [0.1, 0.15) is 0 Å². The number of amides is 1. The highest BCUT2D eigenvalue weighted by Crippen LogP contribution is 2.26. The summed E-state index contributed by atoms with van der Waals surface area (Å²) in [4.78, 5) is 21.0. The van der Waals surface area contributed by atoms with Crippen molar-refractivity contribution < 1.29 is 4.79 Å². The molecule has 1 heterocycles. The molecule has 0 aliphatic carbocycles. The Morgan fingerprint density at radius 1 is 1.07 bits per heavy atom. The van der Waals surface area contributed by atoms with E-state index in [1.807, 2.05) is 49.4 Å². The largest absolute Gasteiger partial charge is 0.367 e. The van der Waals surface area contributed by atoms with Gasteiger partial charge in [0.2, 0.25) is 0 Å². The fourth-order valence-electron chi connectivity index (χ4n) is 3.47. The zero-order chi connectivity index (χ0) is 20.6. The number of hydrogen-bond donors (Lipinski definition) is 2. The lowest BCUT2D eigenvalue weighted by Gasteiger charge is -2.38. The Kier molecular flexibility index (Phi) is 9.71. The molecular formula is C22H29ClIN5O. The molecule has 0 atom stereocenters. The Balaban J connectivity index is 0.00000320. The molecule has 0 saturated carbocycles. The first kappa shape index (κ1) is 24.3. The van der Waals surface area contributed by atoms with Crippen LogP contribution >= 0.6 is 35.6 Å². The normalized spacial score (nSPS) is 14.2. The van der Waals surface area contributed by atoms with E-state index in [-0.39, 0.29) is 29.9 Å². The third-order valence-corrected chi connectivity index (χ3v) is 5.28. The van der Waals surface area contributed by atoms with E-state index in [4.69, 9.17) is 11.6 Å². The van der Waals surface area contributed by atoms with Crippen molar-refractivity contribution in [2.45, 2.75) is 13.5 Å². The molecule has 0 spiro atoms. The highest BCUT2D eigenvalue weighted by molar-refractivity contribution is 14.0. The second kappa shape index (κ2) is 12.0. The number of nitrogens with one attached hydrogen (secondary N) is 2. The van der Waals surface area contributed by atoms with Crippen molar-refractivity contribution in [3.05, 3.63) is 64.7 Å². The van der Waals surface area contributed by atoms with Crippen molar-refractivity contribution >= 4 is 53.1 Å². The molecule has 0 unspecified atom stereocenters. The number of rotatable bonds is 5. The van der Waals surface area contributed by atoms with Crippen LogP contribution in [0.5, 0.6) is 0 Å². The summed E-state index contributed by atoms with van der Waals surface area (Å²) in [5, 5.41) is 7.04. The average Bonchev–Trinajstić information content (AvgIpc) is 2.75. The minimum absolute atomic E-state index is 0. The van der Waals surface area contributed by atoms with Crippen molar-refractivity contribution in [3.8, 4) is 0 Å². The minimum atomic E-state index is -0.0468. The summed E-state index contributed by atoms with van der Waals surface area (Å²) < 4.78 is 0. The molecule has 1 fully saturated rings. The molecule has 30 heavy (non-hydrogen) atoms. The maximum absolute atomic E-state index is 12.0. The van der Waals surface area contributed by atoms with Crippen molar-refractivity contribution in [2.75, 3.05) is 44.7 Å². The number of carbonyl (C=O) groups is 1. The van der Waals surface area contributed by atoms with Gasteiger partial charge in [0.15, 0.2) is 5.96 Å². The van der Waals surface area contributed by atoms with Gasteiger partial charge in [-0.1, -0.05) is 35.9 Å². The van der Waals surface area contributed by atoms with Gasteiger partial charge in [0, 0.05) is 51.9 Å². The van der Waals surface area contributed by atoms with Crippen LogP contribution in [-0.4, -0.2) is 56.5 Å². The third kappa shape index (κ3) is 6.25. The maximum Gasteiger partial charge on any atom is 0.251 e. The van der Waals surface area contributed by atoms with Crippen molar-refractivity contribution in [2.24, 2.45) is 4.99 Å². The molecule has 6 nitrogen and oxygen atoms in total. The molecule has 2 N–H and O–H groups in total. The summed E-state index contributed by atoms with van der Waals surface area (Å²) in [6.45, 7) is 6.65. The number of para-hydroxylation sites is 1. The van der Waals surface area contributed by atoms with Crippen LogP contribution in [0.15, 0.2) is 53.5 Å². The van der Waals surface area contributed by atoms with E-state index in [0.29, 0.717) is 18.7 Å². The summed E-state index contributed by atoms with van der Waals surface area (Å²) in [5.74, 6) is 0.821. The van der Waals surface area contributed by atoms with Crippen molar-refractivity contribution in [1.82, 2.24) is 15.5 Å². The first-order chi connectivity index (χ1) is 14.1. The lowest BCUT2D eigenvalue weighted by molar-refractivity contribution is 0.0955. The predicted octanol–water partition coefficient (Wildman–Crippen LogP) is 3.61. The van der Waals surface area contributed by atoms with Crippen molar-refractivity contribution in [3.63, 3.8) is 0 Å². The number of nitrogens with zero attached hydrogens (tertiary/aromatic N) is 3. The number of carbonyl (C=O) groups excluding carboxylic acids is 1. The van der Waals surface area contributed by atoms with E-state index in [2.05, 4.69) is 31.5 Å². The van der Waals surface area contributed by atoms with E-state index in [0.717, 1.165) is 48.4 Å². The molecule has 2 aromatic rings. The monoisotopic (exact) mass is 541 g/mol. The quantitative estimate of drug-likeness (QED) is 0.345. The van der Waals surface area contributed by atoms with Crippen LogP contribution in [0.1, 0.15) is 22.8 Å². The lowest BCUT2D eigenvalue weighted by atomic mass is 10.1. The number of piperazine rings is 1. The zero-order valence-corrected chi connectivity index (χ0v) is 20.5. The first-order valence-electron chi connectivity index (χ1n) is 9.94. The smallest absolute Gasteiger partial charge is 0.251 e. The summed E-state index contributed by atoms with van der Waals surface area (Å²) in [6.07, 6.45) is 0.